The Bertz CT molecular complexity index is 1450. The Morgan fingerprint density at radius 3 is 2.71 bits per heavy atom. The van der Waals surface area contributed by atoms with Crippen LogP contribution in [-0.2, 0) is 37.8 Å². The predicted molar refractivity (Wildman–Crippen MR) is 134 cm³/mol. The molecule has 0 amide bonds. The monoisotopic (exact) mass is 498 g/mol. The zero-order valence-corrected chi connectivity index (χ0v) is 20.7. The Morgan fingerprint density at radius 2 is 2.06 bits per heavy atom. The smallest absolute Gasteiger partial charge is 0.355 e. The minimum atomic E-state index is -1.67. The van der Waals surface area contributed by atoms with Crippen molar-refractivity contribution in [2.45, 2.75) is 58.9 Å². The fraction of sp³-hybridized carbons (Fsp3) is 0.360. The van der Waals surface area contributed by atoms with Crippen molar-refractivity contribution in [1.29, 1.82) is 0 Å². The van der Waals surface area contributed by atoms with Crippen LogP contribution in [0.1, 0.15) is 50.8 Å². The largest absolute Gasteiger partial charge is 0.457 e. The van der Waals surface area contributed by atoms with Gasteiger partial charge in [0.1, 0.15) is 6.61 Å². The molecule has 2 aromatic heterocycles. The molecule has 0 saturated carbocycles. The van der Waals surface area contributed by atoms with Gasteiger partial charge < -0.3 is 25.1 Å². The van der Waals surface area contributed by atoms with Crippen LogP contribution in [0.25, 0.3) is 22.3 Å². The van der Waals surface area contributed by atoms with Crippen molar-refractivity contribution in [2.75, 3.05) is 11.1 Å². The third-order valence-electron chi connectivity index (χ3n) is 6.46. The van der Waals surface area contributed by atoms with Gasteiger partial charge in [0, 0.05) is 35.2 Å². The van der Waals surface area contributed by atoms with Gasteiger partial charge in [-0.1, -0.05) is 13.0 Å². The molecule has 184 valence electrons. The summed E-state index contributed by atoms with van der Waals surface area (Å²) in [6.45, 7) is 7.13. The van der Waals surface area contributed by atoms with E-state index in [1.165, 1.54) is 6.92 Å². The molecular weight excluding hydrogens is 472 g/mol. The highest BCUT2D eigenvalue weighted by molar-refractivity contribution is 6.04. The van der Waals surface area contributed by atoms with E-state index in [1.807, 2.05) is 32.0 Å². The summed E-state index contributed by atoms with van der Waals surface area (Å²) in [7, 11) is 0. The number of carbonyl (C=O) groups is 2. The molecule has 2 aliphatic rings. The Morgan fingerprint density at radius 1 is 1.31 bits per heavy atom. The van der Waals surface area contributed by atoms with Crippen molar-refractivity contribution in [3.63, 3.8) is 0 Å². The molecule has 4 heterocycles. The topological polar surface area (TPSA) is 126 Å². The second-order valence-electron chi connectivity index (χ2n) is 9.02. The molecule has 35 heavy (non-hydrogen) atoms. The van der Waals surface area contributed by atoms with Crippen LogP contribution in [0.4, 0.5) is 11.4 Å². The normalized spacial score (nSPS) is 17.8. The van der Waals surface area contributed by atoms with Gasteiger partial charge in [-0.3, -0.25) is 9.59 Å². The van der Waals surface area contributed by atoms with E-state index in [9.17, 15) is 14.4 Å². The van der Waals surface area contributed by atoms with Crippen molar-refractivity contribution in [3.05, 3.63) is 51.3 Å². The minimum Gasteiger partial charge on any atom is -0.457 e. The van der Waals surface area contributed by atoms with Gasteiger partial charge in [0.05, 0.1) is 34.7 Å². The van der Waals surface area contributed by atoms with Gasteiger partial charge in [-0.2, -0.15) is 0 Å². The number of esters is 2. The van der Waals surface area contributed by atoms with Crippen LogP contribution in [0.3, 0.4) is 0 Å². The highest BCUT2D eigenvalue weighted by atomic mass is 35.5. The number of rotatable bonds is 4. The van der Waals surface area contributed by atoms with Crippen LogP contribution in [-0.4, -0.2) is 27.5 Å². The first-order valence-corrected chi connectivity index (χ1v) is 11.3. The molecule has 0 spiro atoms. The summed E-state index contributed by atoms with van der Waals surface area (Å²) in [6, 6.07) is 7.41. The first-order chi connectivity index (χ1) is 16.2. The molecule has 1 aromatic carbocycles. The molecule has 2 aliphatic heterocycles. The van der Waals surface area contributed by atoms with E-state index in [1.54, 1.807) is 17.6 Å². The third-order valence-corrected chi connectivity index (χ3v) is 6.46. The van der Waals surface area contributed by atoms with Gasteiger partial charge in [-0.25, -0.2) is 9.78 Å². The van der Waals surface area contributed by atoms with Crippen LogP contribution < -0.4 is 16.6 Å². The number of halogens is 1. The maximum atomic E-state index is 13.6. The third kappa shape index (κ3) is 3.53. The SMILES string of the molecule is CC[C@@]1(OC(C)=O)C(=O)OCc2c1cc1n(c2=O)Cc2c-1nc1cccc(N)c1c2NC(C)C.Cl. The number of anilines is 2. The maximum Gasteiger partial charge on any atom is 0.355 e. The summed E-state index contributed by atoms with van der Waals surface area (Å²) in [6.07, 6.45) is 0.135. The molecule has 9 nitrogen and oxygen atoms in total. The van der Waals surface area contributed by atoms with Gasteiger partial charge in [0.2, 0.25) is 5.60 Å². The number of hydrogen-bond acceptors (Lipinski definition) is 8. The van der Waals surface area contributed by atoms with Crippen molar-refractivity contribution in [1.82, 2.24) is 9.55 Å². The first kappa shape index (κ1) is 24.5. The number of nitrogens with zero attached hydrogens (tertiary/aromatic N) is 2. The van der Waals surface area contributed by atoms with E-state index in [0.717, 1.165) is 16.6 Å². The minimum absolute atomic E-state index is 0. The standard InChI is InChI=1S/C25H26N4O5.ClH/c1-5-25(34-13(4)30)16-9-19-21-14(10-29(19)23(31)15(16)11-33-24(25)32)22(27-12(2)3)20-17(26)7-6-8-18(20)28-21;/h6-9,12H,5,10-11,26H2,1-4H3,(H,27,28);1H/t25-;/m0./s1. The number of cyclic esters (lactones) is 1. The van der Waals surface area contributed by atoms with E-state index in [-0.39, 0.29) is 37.0 Å². The number of hydrogen-bond donors (Lipinski definition) is 2. The second kappa shape index (κ2) is 8.57. The summed E-state index contributed by atoms with van der Waals surface area (Å²) in [5.41, 5.74) is 9.20. The van der Waals surface area contributed by atoms with Crippen molar-refractivity contribution in [3.8, 4) is 11.4 Å². The van der Waals surface area contributed by atoms with Gasteiger partial charge in [-0.05, 0) is 38.5 Å². The average Bonchev–Trinajstić information content (AvgIpc) is 3.14. The number of nitrogens with two attached hydrogens (primary N) is 1. The lowest BCUT2D eigenvalue weighted by atomic mass is 9.85. The second-order valence-corrected chi connectivity index (χ2v) is 9.02. The number of benzene rings is 1. The number of aromatic nitrogens is 2. The molecule has 0 saturated heterocycles. The quantitative estimate of drug-likeness (QED) is 0.323. The molecule has 3 N–H and O–H groups in total. The molecule has 0 unspecified atom stereocenters. The molecule has 0 radical (unpaired) electrons. The van der Waals surface area contributed by atoms with E-state index in [2.05, 4.69) is 5.32 Å². The summed E-state index contributed by atoms with van der Waals surface area (Å²) in [5.74, 6) is -1.31. The van der Waals surface area contributed by atoms with Crippen LogP contribution >= 0.6 is 12.4 Å². The first-order valence-electron chi connectivity index (χ1n) is 11.3. The summed E-state index contributed by atoms with van der Waals surface area (Å²) >= 11 is 0. The maximum absolute atomic E-state index is 13.6. The van der Waals surface area contributed by atoms with Crippen molar-refractivity contribution < 1.29 is 19.1 Å². The van der Waals surface area contributed by atoms with Gasteiger partial charge in [0.15, 0.2) is 0 Å². The fourth-order valence-corrected chi connectivity index (χ4v) is 5.01. The summed E-state index contributed by atoms with van der Waals surface area (Å²) in [4.78, 5) is 43.3. The summed E-state index contributed by atoms with van der Waals surface area (Å²) < 4.78 is 12.5. The predicted octanol–water partition coefficient (Wildman–Crippen LogP) is 3.47. The van der Waals surface area contributed by atoms with E-state index in [0.29, 0.717) is 40.3 Å². The number of pyridine rings is 2. The van der Waals surface area contributed by atoms with Crippen LogP contribution in [0.5, 0.6) is 0 Å². The van der Waals surface area contributed by atoms with Gasteiger partial charge >= 0.3 is 11.9 Å². The Hall–Kier alpha value is -3.59. The van der Waals surface area contributed by atoms with Crippen molar-refractivity contribution in [2.24, 2.45) is 0 Å². The Labute approximate surface area is 208 Å². The summed E-state index contributed by atoms with van der Waals surface area (Å²) in [5, 5.41) is 4.30. The number of nitrogens with one attached hydrogen (secondary N) is 1. The molecule has 10 heteroatoms. The van der Waals surface area contributed by atoms with E-state index in [4.69, 9.17) is 20.2 Å². The number of carbonyl (C=O) groups excluding carboxylic acids is 2. The van der Waals surface area contributed by atoms with Gasteiger partial charge in [0.25, 0.3) is 5.56 Å². The molecule has 0 fully saturated rings. The number of nitrogen functional groups attached to an aromatic ring is 1. The van der Waals surface area contributed by atoms with Crippen LogP contribution in [0, 0.1) is 0 Å². The zero-order chi connectivity index (χ0) is 24.4. The molecule has 3 aromatic rings. The van der Waals surface area contributed by atoms with Crippen LogP contribution in [0.2, 0.25) is 0 Å². The van der Waals surface area contributed by atoms with E-state index >= 15 is 0 Å². The lowest BCUT2D eigenvalue weighted by Crippen LogP contribution is -2.47. The van der Waals surface area contributed by atoms with Crippen molar-refractivity contribution >= 4 is 46.6 Å². The fourth-order valence-electron chi connectivity index (χ4n) is 5.01. The Kier molecular flexibility index (Phi) is 6.00. The lowest BCUT2D eigenvalue weighted by Gasteiger charge is -2.35. The lowest BCUT2D eigenvalue weighted by molar-refractivity contribution is -0.188. The molecule has 5 rings (SSSR count). The molecule has 0 bridgehead atoms. The van der Waals surface area contributed by atoms with Gasteiger partial charge in [-0.15, -0.1) is 12.4 Å². The van der Waals surface area contributed by atoms with Crippen LogP contribution in [0.15, 0.2) is 29.1 Å². The molecule has 0 aliphatic carbocycles. The number of ether oxygens (including phenoxy) is 2. The average molecular weight is 499 g/mol. The number of fused-ring (bicyclic) bond motifs is 5. The molecule has 1 atom stereocenters. The van der Waals surface area contributed by atoms with E-state index < -0.39 is 17.5 Å². The zero-order valence-electron chi connectivity index (χ0n) is 19.9. The highest BCUT2D eigenvalue weighted by Gasteiger charge is 2.50. The highest BCUT2D eigenvalue weighted by Crippen LogP contribution is 2.44. The molecular formula is C25H27ClN4O5. The Balaban J connectivity index is 0.00000289.